The molecule has 1 fully saturated rings. The third kappa shape index (κ3) is 6.08. The molecule has 1 saturated heterocycles. The number of anilines is 1. The topological polar surface area (TPSA) is 87.3 Å². The molecule has 0 bridgehead atoms. The highest BCUT2D eigenvalue weighted by molar-refractivity contribution is 7.13. The van der Waals surface area contributed by atoms with E-state index in [1.807, 2.05) is 32.3 Å². The van der Waals surface area contributed by atoms with E-state index in [0.717, 1.165) is 31.3 Å². The Morgan fingerprint density at radius 2 is 2.08 bits per heavy atom. The Kier molecular flexibility index (Phi) is 6.46. The first-order valence-electron chi connectivity index (χ1n) is 8.40. The summed E-state index contributed by atoms with van der Waals surface area (Å²) in [5, 5.41) is 3.03. The quantitative estimate of drug-likeness (QED) is 0.639. The minimum atomic E-state index is -0.495. The minimum absolute atomic E-state index is 0.349. The minimum Gasteiger partial charge on any atom is -0.444 e. The van der Waals surface area contributed by atoms with Crippen molar-refractivity contribution in [2.45, 2.75) is 26.4 Å². The Labute approximate surface area is 153 Å². The standard InChI is InChI=1S/C16H28N6O2S/c1-16(2,3)24-15(23)20(4)7-5-18-13(17)21-8-10-22(11-9-21)14-19-6-12-25-14/h6,12H,5,7-11H2,1-4H3,(H2,17,18). The lowest BCUT2D eigenvalue weighted by molar-refractivity contribution is 0.0304. The number of aromatic nitrogens is 1. The number of aliphatic imine (C=N–C) groups is 1. The van der Waals surface area contributed by atoms with E-state index in [4.69, 9.17) is 10.5 Å². The van der Waals surface area contributed by atoms with Gasteiger partial charge in [-0.05, 0) is 20.8 Å². The first-order chi connectivity index (χ1) is 11.8. The molecule has 9 heteroatoms. The van der Waals surface area contributed by atoms with Crippen LogP contribution in [0, 0.1) is 0 Å². The third-order valence-corrected chi connectivity index (χ3v) is 4.54. The highest BCUT2D eigenvalue weighted by Gasteiger charge is 2.21. The fourth-order valence-corrected chi connectivity index (χ4v) is 3.04. The Morgan fingerprint density at radius 1 is 1.40 bits per heavy atom. The average Bonchev–Trinajstić information content (AvgIpc) is 3.07. The molecule has 0 unspecified atom stereocenters. The van der Waals surface area contributed by atoms with Gasteiger partial charge in [-0.15, -0.1) is 11.3 Å². The summed E-state index contributed by atoms with van der Waals surface area (Å²) in [4.78, 5) is 26.5. The highest BCUT2D eigenvalue weighted by atomic mass is 32.1. The van der Waals surface area contributed by atoms with Gasteiger partial charge in [0.15, 0.2) is 11.1 Å². The second-order valence-electron chi connectivity index (χ2n) is 6.93. The third-order valence-electron chi connectivity index (χ3n) is 3.71. The first-order valence-corrected chi connectivity index (χ1v) is 9.27. The molecule has 0 aromatic carbocycles. The maximum atomic E-state index is 11.9. The van der Waals surface area contributed by atoms with Gasteiger partial charge in [0.2, 0.25) is 0 Å². The van der Waals surface area contributed by atoms with Crippen LogP contribution in [-0.2, 0) is 4.74 Å². The summed E-state index contributed by atoms with van der Waals surface area (Å²) in [7, 11) is 1.70. The fraction of sp³-hybridized carbons (Fsp3) is 0.688. The number of nitrogens with zero attached hydrogens (tertiary/aromatic N) is 5. The second-order valence-corrected chi connectivity index (χ2v) is 7.80. The van der Waals surface area contributed by atoms with Crippen LogP contribution in [0.1, 0.15) is 20.8 Å². The van der Waals surface area contributed by atoms with E-state index >= 15 is 0 Å². The van der Waals surface area contributed by atoms with Gasteiger partial charge in [0.05, 0.1) is 6.54 Å². The number of ether oxygens (including phenoxy) is 1. The van der Waals surface area contributed by atoms with E-state index < -0.39 is 5.60 Å². The Morgan fingerprint density at radius 3 is 2.64 bits per heavy atom. The number of amides is 1. The van der Waals surface area contributed by atoms with E-state index in [-0.39, 0.29) is 6.09 Å². The second kappa shape index (κ2) is 8.37. The zero-order valence-electron chi connectivity index (χ0n) is 15.4. The maximum absolute atomic E-state index is 11.9. The van der Waals surface area contributed by atoms with Gasteiger partial charge in [0.1, 0.15) is 5.60 Å². The van der Waals surface area contributed by atoms with Gasteiger partial charge in [-0.2, -0.15) is 0 Å². The normalized spacial score (nSPS) is 16.1. The molecule has 8 nitrogen and oxygen atoms in total. The predicted octanol–water partition coefficient (Wildman–Crippen LogP) is 1.45. The van der Waals surface area contributed by atoms with Crippen molar-refractivity contribution in [1.29, 1.82) is 0 Å². The molecule has 25 heavy (non-hydrogen) atoms. The van der Waals surface area contributed by atoms with Crippen molar-refractivity contribution < 1.29 is 9.53 Å². The van der Waals surface area contributed by atoms with E-state index in [0.29, 0.717) is 19.0 Å². The molecule has 0 radical (unpaired) electrons. The molecule has 0 atom stereocenters. The van der Waals surface area contributed by atoms with E-state index in [9.17, 15) is 4.79 Å². The van der Waals surface area contributed by atoms with Crippen molar-refractivity contribution in [3.63, 3.8) is 0 Å². The van der Waals surface area contributed by atoms with Crippen molar-refractivity contribution in [3.8, 4) is 0 Å². The fourth-order valence-electron chi connectivity index (χ4n) is 2.34. The van der Waals surface area contributed by atoms with E-state index in [2.05, 4.69) is 19.8 Å². The number of guanidine groups is 1. The molecule has 140 valence electrons. The van der Waals surface area contributed by atoms with E-state index in [1.165, 1.54) is 4.90 Å². The summed E-state index contributed by atoms with van der Waals surface area (Å²) in [6.07, 6.45) is 1.47. The largest absolute Gasteiger partial charge is 0.444 e. The molecule has 2 N–H and O–H groups in total. The number of hydrogen-bond acceptors (Lipinski definition) is 6. The van der Waals surface area contributed by atoms with Crippen LogP contribution in [0.5, 0.6) is 0 Å². The van der Waals surface area contributed by atoms with Crippen molar-refractivity contribution in [3.05, 3.63) is 11.6 Å². The van der Waals surface area contributed by atoms with Crippen LogP contribution < -0.4 is 10.6 Å². The van der Waals surface area contributed by atoms with Crippen LogP contribution in [0.2, 0.25) is 0 Å². The van der Waals surface area contributed by atoms with Gasteiger partial charge >= 0.3 is 6.09 Å². The molecule has 1 aromatic heterocycles. The van der Waals surface area contributed by atoms with Gasteiger partial charge in [0.25, 0.3) is 0 Å². The number of rotatable bonds is 4. The molecule has 1 amide bonds. The van der Waals surface area contributed by atoms with Crippen molar-refractivity contribution in [2.24, 2.45) is 10.7 Å². The number of thiazole rings is 1. The lowest BCUT2D eigenvalue weighted by Crippen LogP contribution is -2.51. The Balaban J connectivity index is 1.74. The zero-order valence-corrected chi connectivity index (χ0v) is 16.3. The highest BCUT2D eigenvalue weighted by Crippen LogP contribution is 2.18. The smallest absolute Gasteiger partial charge is 0.410 e. The maximum Gasteiger partial charge on any atom is 0.410 e. The number of hydrogen-bond donors (Lipinski definition) is 1. The number of carbonyl (C=O) groups excluding carboxylic acids is 1. The molecule has 1 aromatic rings. The molecule has 2 rings (SSSR count). The molecule has 2 heterocycles. The predicted molar refractivity (Wildman–Crippen MR) is 101 cm³/mol. The number of piperazine rings is 1. The van der Waals surface area contributed by atoms with Crippen LogP contribution in [0.25, 0.3) is 0 Å². The summed E-state index contributed by atoms with van der Waals surface area (Å²) in [5.74, 6) is 0.524. The first kappa shape index (κ1) is 19.3. The molecule has 0 spiro atoms. The lowest BCUT2D eigenvalue weighted by atomic mass is 10.2. The van der Waals surface area contributed by atoms with Gasteiger partial charge in [-0.25, -0.2) is 9.78 Å². The van der Waals surface area contributed by atoms with Gasteiger partial charge in [0, 0.05) is 51.3 Å². The average molecular weight is 369 g/mol. The molecular weight excluding hydrogens is 340 g/mol. The van der Waals surface area contributed by atoms with Crippen LogP contribution in [0.3, 0.4) is 0 Å². The van der Waals surface area contributed by atoms with Gasteiger partial charge < -0.3 is 25.2 Å². The summed E-state index contributed by atoms with van der Waals surface area (Å²) in [6.45, 7) is 9.85. The molecular formula is C16H28N6O2S. The molecule has 1 aliphatic heterocycles. The SMILES string of the molecule is CN(CCN=C(N)N1CCN(c2nccs2)CC1)C(=O)OC(C)(C)C. The van der Waals surface area contributed by atoms with Crippen molar-refractivity contribution >= 4 is 28.5 Å². The van der Waals surface area contributed by atoms with Crippen LogP contribution in [0.15, 0.2) is 16.6 Å². The summed E-state index contributed by atoms with van der Waals surface area (Å²) >= 11 is 1.65. The van der Waals surface area contributed by atoms with Crippen molar-refractivity contribution in [2.75, 3.05) is 51.2 Å². The number of carbonyl (C=O) groups is 1. The zero-order chi connectivity index (χ0) is 18.4. The number of nitrogens with two attached hydrogens (primary N) is 1. The Hall–Kier alpha value is -2.03. The summed E-state index contributed by atoms with van der Waals surface area (Å²) in [5.41, 5.74) is 5.59. The van der Waals surface area contributed by atoms with Crippen LogP contribution in [0.4, 0.5) is 9.93 Å². The molecule has 0 saturated carbocycles. The number of likely N-dealkylation sites (N-methyl/N-ethyl adjacent to an activating group) is 1. The Bertz CT molecular complexity index is 576. The summed E-state index contributed by atoms with van der Waals surface area (Å²) in [6, 6.07) is 0. The lowest BCUT2D eigenvalue weighted by Gasteiger charge is -2.35. The van der Waals surface area contributed by atoms with Crippen LogP contribution in [-0.4, -0.2) is 78.8 Å². The molecule has 0 aliphatic carbocycles. The van der Waals surface area contributed by atoms with Crippen LogP contribution >= 0.6 is 11.3 Å². The monoisotopic (exact) mass is 368 g/mol. The van der Waals surface area contributed by atoms with Gasteiger partial charge in [-0.1, -0.05) is 0 Å². The molecule has 1 aliphatic rings. The summed E-state index contributed by atoms with van der Waals surface area (Å²) < 4.78 is 5.31. The van der Waals surface area contributed by atoms with Crippen molar-refractivity contribution in [1.82, 2.24) is 14.8 Å². The van der Waals surface area contributed by atoms with Gasteiger partial charge in [-0.3, -0.25) is 4.99 Å². The van der Waals surface area contributed by atoms with E-state index in [1.54, 1.807) is 18.4 Å².